The summed E-state index contributed by atoms with van der Waals surface area (Å²) in [6.07, 6.45) is 1.63. The standard InChI is InChI=1S/C22H20N2O3S/c1-14-5-4-6-15(9-14)11-24-13-23-21-20(22(24)25)17(12-28-21)16-7-8-18(26-2)19(10-16)27-3/h4-10,12-13H,11H2,1-3H3. The summed E-state index contributed by atoms with van der Waals surface area (Å²) >= 11 is 1.47. The second-order valence-corrected chi connectivity index (χ2v) is 7.42. The predicted molar refractivity (Wildman–Crippen MR) is 113 cm³/mol. The zero-order valence-electron chi connectivity index (χ0n) is 15.9. The third-order valence-electron chi connectivity index (χ3n) is 4.69. The van der Waals surface area contributed by atoms with Crippen molar-refractivity contribution in [3.63, 3.8) is 0 Å². The van der Waals surface area contributed by atoms with E-state index >= 15 is 0 Å². The average Bonchev–Trinajstić information content (AvgIpc) is 3.14. The number of nitrogens with zero attached hydrogens (tertiary/aromatic N) is 2. The Kier molecular flexibility index (Phi) is 4.88. The van der Waals surface area contributed by atoms with E-state index in [2.05, 4.69) is 11.1 Å². The molecule has 5 nitrogen and oxygen atoms in total. The van der Waals surface area contributed by atoms with Crippen molar-refractivity contribution in [2.45, 2.75) is 13.5 Å². The quantitative estimate of drug-likeness (QED) is 0.502. The number of aromatic nitrogens is 2. The molecule has 0 amide bonds. The number of benzene rings is 2. The van der Waals surface area contributed by atoms with Crippen LogP contribution in [0.15, 0.2) is 59.0 Å². The van der Waals surface area contributed by atoms with Gasteiger partial charge in [-0.15, -0.1) is 11.3 Å². The van der Waals surface area contributed by atoms with Crippen LogP contribution in [0.1, 0.15) is 11.1 Å². The zero-order valence-corrected chi connectivity index (χ0v) is 16.7. The fourth-order valence-electron chi connectivity index (χ4n) is 3.30. The van der Waals surface area contributed by atoms with Gasteiger partial charge in [0.1, 0.15) is 4.83 Å². The molecule has 0 aliphatic carbocycles. The van der Waals surface area contributed by atoms with Crippen LogP contribution in [0, 0.1) is 6.92 Å². The summed E-state index contributed by atoms with van der Waals surface area (Å²) in [5.74, 6) is 1.28. The van der Waals surface area contributed by atoms with Crippen LogP contribution in [0.2, 0.25) is 0 Å². The lowest BCUT2D eigenvalue weighted by atomic mass is 10.1. The van der Waals surface area contributed by atoms with Crippen molar-refractivity contribution in [3.8, 4) is 22.6 Å². The van der Waals surface area contributed by atoms with Gasteiger partial charge in [0.05, 0.1) is 32.5 Å². The second-order valence-electron chi connectivity index (χ2n) is 6.57. The molecule has 0 saturated carbocycles. The summed E-state index contributed by atoms with van der Waals surface area (Å²) in [5.41, 5.74) is 3.96. The molecular weight excluding hydrogens is 372 g/mol. The maximum Gasteiger partial charge on any atom is 0.263 e. The fraction of sp³-hybridized carbons (Fsp3) is 0.182. The molecule has 2 heterocycles. The molecule has 142 valence electrons. The van der Waals surface area contributed by atoms with E-state index in [1.165, 1.54) is 16.9 Å². The number of thiophene rings is 1. The molecule has 2 aromatic heterocycles. The second kappa shape index (κ2) is 7.48. The van der Waals surface area contributed by atoms with Crippen LogP contribution in [0.3, 0.4) is 0 Å². The van der Waals surface area contributed by atoms with Crippen LogP contribution in [0.25, 0.3) is 21.3 Å². The van der Waals surface area contributed by atoms with Gasteiger partial charge in [0.15, 0.2) is 11.5 Å². The van der Waals surface area contributed by atoms with E-state index in [9.17, 15) is 4.79 Å². The van der Waals surface area contributed by atoms with E-state index in [-0.39, 0.29) is 5.56 Å². The third kappa shape index (κ3) is 3.27. The van der Waals surface area contributed by atoms with E-state index in [0.717, 1.165) is 21.5 Å². The van der Waals surface area contributed by atoms with Crippen molar-refractivity contribution in [1.29, 1.82) is 0 Å². The highest BCUT2D eigenvalue weighted by molar-refractivity contribution is 7.17. The molecule has 0 aliphatic heterocycles. The Bertz CT molecular complexity index is 1210. The van der Waals surface area contributed by atoms with Crippen LogP contribution in [-0.4, -0.2) is 23.8 Å². The highest BCUT2D eigenvalue weighted by Crippen LogP contribution is 2.36. The lowest BCUT2D eigenvalue weighted by Crippen LogP contribution is -2.21. The number of hydrogen-bond acceptors (Lipinski definition) is 5. The Morgan fingerprint density at radius 2 is 1.89 bits per heavy atom. The third-order valence-corrected chi connectivity index (χ3v) is 5.58. The first-order chi connectivity index (χ1) is 13.6. The molecule has 0 saturated heterocycles. The molecule has 0 unspecified atom stereocenters. The van der Waals surface area contributed by atoms with Crippen molar-refractivity contribution in [2.24, 2.45) is 0 Å². The van der Waals surface area contributed by atoms with Gasteiger partial charge in [0.25, 0.3) is 5.56 Å². The number of hydrogen-bond donors (Lipinski definition) is 0. The van der Waals surface area contributed by atoms with Crippen LogP contribution in [0.5, 0.6) is 11.5 Å². The van der Waals surface area contributed by atoms with Crippen LogP contribution < -0.4 is 15.0 Å². The highest BCUT2D eigenvalue weighted by atomic mass is 32.1. The van der Waals surface area contributed by atoms with Gasteiger partial charge in [-0.05, 0) is 30.2 Å². The first-order valence-corrected chi connectivity index (χ1v) is 9.73. The number of aryl methyl sites for hydroxylation is 1. The van der Waals surface area contributed by atoms with Gasteiger partial charge in [-0.25, -0.2) is 4.98 Å². The van der Waals surface area contributed by atoms with Gasteiger partial charge in [0, 0.05) is 10.9 Å². The fourth-order valence-corrected chi connectivity index (χ4v) is 4.21. The van der Waals surface area contributed by atoms with Gasteiger partial charge < -0.3 is 9.47 Å². The summed E-state index contributed by atoms with van der Waals surface area (Å²) in [7, 11) is 3.20. The van der Waals surface area contributed by atoms with E-state index in [1.54, 1.807) is 25.1 Å². The van der Waals surface area contributed by atoms with Gasteiger partial charge in [-0.2, -0.15) is 0 Å². The Labute approximate surface area is 166 Å². The Morgan fingerprint density at radius 1 is 1.07 bits per heavy atom. The van der Waals surface area contributed by atoms with E-state index in [0.29, 0.717) is 23.4 Å². The molecule has 2 aromatic carbocycles. The normalized spacial score (nSPS) is 11.0. The molecular formula is C22H20N2O3S. The van der Waals surface area contributed by atoms with E-state index < -0.39 is 0 Å². The topological polar surface area (TPSA) is 53.4 Å². The summed E-state index contributed by atoms with van der Waals surface area (Å²) in [6, 6.07) is 13.8. The number of ether oxygens (including phenoxy) is 2. The molecule has 4 rings (SSSR count). The Balaban J connectivity index is 1.82. The summed E-state index contributed by atoms with van der Waals surface area (Å²) < 4.78 is 12.4. The van der Waals surface area contributed by atoms with Crippen LogP contribution in [-0.2, 0) is 6.54 Å². The molecule has 28 heavy (non-hydrogen) atoms. The summed E-state index contributed by atoms with van der Waals surface area (Å²) in [4.78, 5) is 18.5. The molecule has 0 aliphatic rings. The lowest BCUT2D eigenvalue weighted by Gasteiger charge is -2.10. The SMILES string of the molecule is COc1ccc(-c2csc3ncn(Cc4cccc(C)c4)c(=O)c23)cc1OC. The molecule has 4 aromatic rings. The zero-order chi connectivity index (χ0) is 19.7. The van der Waals surface area contributed by atoms with Gasteiger partial charge in [-0.1, -0.05) is 35.9 Å². The van der Waals surface area contributed by atoms with Gasteiger partial charge in [-0.3, -0.25) is 9.36 Å². The van der Waals surface area contributed by atoms with Gasteiger partial charge in [0.2, 0.25) is 0 Å². The molecule has 0 spiro atoms. The van der Waals surface area contributed by atoms with Crippen molar-refractivity contribution in [3.05, 3.63) is 75.7 Å². The van der Waals surface area contributed by atoms with Crippen molar-refractivity contribution >= 4 is 21.6 Å². The maximum atomic E-state index is 13.2. The molecule has 0 bridgehead atoms. The Hall–Kier alpha value is -3.12. The van der Waals surface area contributed by atoms with Crippen molar-refractivity contribution < 1.29 is 9.47 Å². The Morgan fingerprint density at radius 3 is 2.64 bits per heavy atom. The number of fused-ring (bicyclic) bond motifs is 1. The minimum atomic E-state index is -0.0439. The number of methoxy groups -OCH3 is 2. The molecule has 0 N–H and O–H groups in total. The molecule has 0 fully saturated rings. The maximum absolute atomic E-state index is 13.2. The lowest BCUT2D eigenvalue weighted by molar-refractivity contribution is 0.355. The highest BCUT2D eigenvalue weighted by Gasteiger charge is 2.15. The first-order valence-electron chi connectivity index (χ1n) is 8.85. The average molecular weight is 392 g/mol. The van der Waals surface area contributed by atoms with E-state index in [4.69, 9.17) is 9.47 Å². The monoisotopic (exact) mass is 392 g/mol. The molecule has 0 radical (unpaired) electrons. The van der Waals surface area contributed by atoms with Gasteiger partial charge >= 0.3 is 0 Å². The van der Waals surface area contributed by atoms with Crippen LogP contribution in [0.4, 0.5) is 0 Å². The molecule has 0 atom stereocenters. The number of rotatable bonds is 5. The van der Waals surface area contributed by atoms with Crippen molar-refractivity contribution in [1.82, 2.24) is 9.55 Å². The first kappa shape index (κ1) is 18.3. The minimum absolute atomic E-state index is 0.0439. The van der Waals surface area contributed by atoms with Crippen LogP contribution >= 0.6 is 11.3 Å². The van der Waals surface area contributed by atoms with Crippen molar-refractivity contribution in [2.75, 3.05) is 14.2 Å². The predicted octanol–water partition coefficient (Wildman–Crippen LogP) is 4.50. The van der Waals surface area contributed by atoms with E-state index in [1.807, 2.05) is 48.7 Å². The summed E-state index contributed by atoms with van der Waals surface area (Å²) in [5, 5.41) is 2.60. The largest absolute Gasteiger partial charge is 0.493 e. The minimum Gasteiger partial charge on any atom is -0.493 e. The molecule has 6 heteroatoms. The summed E-state index contributed by atoms with van der Waals surface area (Å²) in [6.45, 7) is 2.53. The smallest absolute Gasteiger partial charge is 0.263 e.